The Morgan fingerprint density at radius 2 is 1.72 bits per heavy atom. The van der Waals surface area contributed by atoms with Crippen LogP contribution in [-0.4, -0.2) is 38.7 Å². The van der Waals surface area contributed by atoms with Gasteiger partial charge in [0.2, 0.25) is 0 Å². The van der Waals surface area contributed by atoms with Gasteiger partial charge in [0.25, 0.3) is 5.91 Å². The van der Waals surface area contributed by atoms with Crippen LogP contribution in [0.4, 0.5) is 0 Å². The number of hydrogen-bond acceptors (Lipinski definition) is 4. The second kappa shape index (κ2) is 9.92. The Bertz CT molecular complexity index is 1140. The summed E-state index contributed by atoms with van der Waals surface area (Å²) in [6.07, 6.45) is 3.81. The van der Waals surface area contributed by atoms with Gasteiger partial charge < -0.3 is 9.64 Å². The molecule has 0 saturated heterocycles. The molecule has 1 amide bonds. The molecule has 0 bridgehead atoms. The Morgan fingerprint density at radius 1 is 1.00 bits per heavy atom. The minimum absolute atomic E-state index is 0.0126. The number of nitrogens with zero attached hydrogens (tertiary/aromatic N) is 4. The summed E-state index contributed by atoms with van der Waals surface area (Å²) in [5, 5.41) is 4.14. The van der Waals surface area contributed by atoms with Crippen molar-refractivity contribution in [2.75, 3.05) is 7.11 Å². The van der Waals surface area contributed by atoms with Gasteiger partial charge in [-0.1, -0.05) is 48.5 Å². The third kappa shape index (κ3) is 4.86. The fraction of sp³-hybridized carbons (Fsp3) is 0.192. The number of amides is 1. The molecule has 1 unspecified atom stereocenters. The second-order valence-corrected chi connectivity index (χ2v) is 7.67. The maximum atomic E-state index is 13.6. The molecule has 0 aliphatic rings. The molecule has 0 spiro atoms. The van der Waals surface area contributed by atoms with Crippen molar-refractivity contribution in [1.82, 2.24) is 19.7 Å². The van der Waals surface area contributed by atoms with Crippen LogP contribution in [0.25, 0.3) is 5.69 Å². The quantitative estimate of drug-likeness (QED) is 0.415. The van der Waals surface area contributed by atoms with Gasteiger partial charge in [0.15, 0.2) is 0 Å². The van der Waals surface area contributed by atoms with Crippen LogP contribution in [0.1, 0.15) is 28.4 Å². The zero-order valence-corrected chi connectivity index (χ0v) is 18.3. The first-order valence-electron chi connectivity index (χ1n) is 10.6. The van der Waals surface area contributed by atoms with Gasteiger partial charge in [0.05, 0.1) is 12.8 Å². The van der Waals surface area contributed by atoms with Crippen LogP contribution >= 0.6 is 0 Å². The fourth-order valence-corrected chi connectivity index (χ4v) is 3.77. The first-order chi connectivity index (χ1) is 15.7. The van der Waals surface area contributed by atoms with Gasteiger partial charge in [-0.2, -0.15) is 5.10 Å². The first kappa shape index (κ1) is 21.3. The number of rotatable bonds is 8. The van der Waals surface area contributed by atoms with E-state index in [-0.39, 0.29) is 11.9 Å². The molecule has 6 heteroatoms. The number of carbonyl (C=O) groups is 1. The molecule has 0 radical (unpaired) electrons. The summed E-state index contributed by atoms with van der Waals surface area (Å²) in [5.74, 6) is 0.824. The zero-order valence-electron chi connectivity index (χ0n) is 18.3. The zero-order chi connectivity index (χ0) is 22.3. The molecule has 0 fully saturated rings. The molecule has 0 saturated carbocycles. The van der Waals surface area contributed by atoms with Crippen molar-refractivity contribution >= 4 is 5.91 Å². The monoisotopic (exact) mass is 426 g/mol. The number of hydrogen-bond donors (Lipinski definition) is 0. The van der Waals surface area contributed by atoms with E-state index in [9.17, 15) is 4.79 Å². The van der Waals surface area contributed by atoms with Crippen LogP contribution in [0.2, 0.25) is 0 Å². The Labute approximate surface area is 188 Å². The van der Waals surface area contributed by atoms with Crippen LogP contribution in [0.15, 0.2) is 91.5 Å². The maximum Gasteiger partial charge on any atom is 0.254 e. The molecule has 1 atom stereocenters. The third-order valence-electron chi connectivity index (χ3n) is 5.49. The third-order valence-corrected chi connectivity index (χ3v) is 5.49. The number of methoxy groups -OCH3 is 1. The molecule has 4 aromatic rings. The lowest BCUT2D eigenvalue weighted by atomic mass is 10.0. The smallest absolute Gasteiger partial charge is 0.254 e. The summed E-state index contributed by atoms with van der Waals surface area (Å²) < 4.78 is 7.19. The molecule has 4 rings (SSSR count). The second-order valence-electron chi connectivity index (χ2n) is 7.67. The minimum Gasteiger partial charge on any atom is -0.496 e. The number of para-hydroxylation sites is 1. The largest absolute Gasteiger partial charge is 0.496 e. The van der Waals surface area contributed by atoms with E-state index in [0.29, 0.717) is 18.5 Å². The van der Waals surface area contributed by atoms with Crippen molar-refractivity contribution in [3.05, 3.63) is 108 Å². The average Bonchev–Trinajstić information content (AvgIpc) is 3.38. The van der Waals surface area contributed by atoms with Crippen LogP contribution in [-0.2, 0) is 13.0 Å². The van der Waals surface area contributed by atoms with Gasteiger partial charge in [-0.3, -0.25) is 4.79 Å². The van der Waals surface area contributed by atoms with E-state index < -0.39 is 0 Å². The average molecular weight is 427 g/mol. The molecule has 0 aliphatic carbocycles. The van der Waals surface area contributed by atoms with E-state index in [1.165, 1.54) is 6.33 Å². The molecule has 1 heterocycles. The van der Waals surface area contributed by atoms with E-state index in [2.05, 4.69) is 17.0 Å². The lowest BCUT2D eigenvalue weighted by Gasteiger charge is -2.30. The highest BCUT2D eigenvalue weighted by atomic mass is 16.5. The lowest BCUT2D eigenvalue weighted by Crippen LogP contribution is -2.39. The minimum atomic E-state index is -0.0333. The van der Waals surface area contributed by atoms with E-state index in [1.807, 2.05) is 83.8 Å². The molecule has 3 aromatic carbocycles. The van der Waals surface area contributed by atoms with Crippen molar-refractivity contribution < 1.29 is 9.53 Å². The van der Waals surface area contributed by atoms with Gasteiger partial charge in [-0.05, 0) is 54.8 Å². The van der Waals surface area contributed by atoms with Gasteiger partial charge in [0, 0.05) is 18.2 Å². The van der Waals surface area contributed by atoms with Gasteiger partial charge in [-0.25, -0.2) is 9.67 Å². The molecule has 6 nitrogen and oxygen atoms in total. The molecule has 0 aliphatic heterocycles. The number of ether oxygens (including phenoxy) is 1. The first-order valence-corrected chi connectivity index (χ1v) is 10.6. The highest BCUT2D eigenvalue weighted by molar-refractivity contribution is 5.94. The Hall–Kier alpha value is -3.93. The number of aromatic nitrogens is 3. The summed E-state index contributed by atoms with van der Waals surface area (Å²) in [4.78, 5) is 19.5. The van der Waals surface area contributed by atoms with Crippen LogP contribution in [0.5, 0.6) is 5.75 Å². The topological polar surface area (TPSA) is 60.2 Å². The van der Waals surface area contributed by atoms with E-state index in [1.54, 1.807) is 18.1 Å². The van der Waals surface area contributed by atoms with Crippen LogP contribution in [0.3, 0.4) is 0 Å². The lowest BCUT2D eigenvalue weighted by molar-refractivity contribution is 0.0674. The van der Waals surface area contributed by atoms with Crippen LogP contribution < -0.4 is 4.74 Å². The molecule has 1 aromatic heterocycles. The van der Waals surface area contributed by atoms with Crippen molar-refractivity contribution in [2.24, 2.45) is 0 Å². The van der Waals surface area contributed by atoms with Gasteiger partial charge in [0.1, 0.15) is 18.4 Å². The van der Waals surface area contributed by atoms with E-state index >= 15 is 0 Å². The predicted octanol–water partition coefficient (Wildman–Crippen LogP) is 4.55. The standard InChI is InChI=1S/C26H26N4O2/c1-20(16-23-10-6-7-11-25(23)32-2)29(17-21-8-4-3-5-9-21)26(31)22-12-14-24(15-13-22)30-19-27-18-28-30/h3-15,18-20H,16-17H2,1-2H3. The Balaban J connectivity index is 1.60. The highest BCUT2D eigenvalue weighted by Gasteiger charge is 2.23. The summed E-state index contributed by atoms with van der Waals surface area (Å²) in [6.45, 7) is 2.61. The van der Waals surface area contributed by atoms with Crippen LogP contribution in [0, 0.1) is 0 Å². The fourth-order valence-electron chi connectivity index (χ4n) is 3.77. The van der Waals surface area contributed by atoms with Crippen molar-refractivity contribution in [1.29, 1.82) is 0 Å². The number of carbonyl (C=O) groups excluding carboxylic acids is 1. The molecule has 32 heavy (non-hydrogen) atoms. The molecular formula is C26H26N4O2. The number of benzene rings is 3. The summed E-state index contributed by atoms with van der Waals surface area (Å²) in [6, 6.07) is 25.4. The maximum absolute atomic E-state index is 13.6. The van der Waals surface area contributed by atoms with Crippen molar-refractivity contribution in [2.45, 2.75) is 25.9 Å². The van der Waals surface area contributed by atoms with E-state index in [0.717, 1.165) is 22.6 Å². The predicted molar refractivity (Wildman–Crippen MR) is 124 cm³/mol. The van der Waals surface area contributed by atoms with E-state index in [4.69, 9.17) is 4.74 Å². The normalized spacial score (nSPS) is 11.7. The Morgan fingerprint density at radius 3 is 2.41 bits per heavy atom. The Kier molecular flexibility index (Phi) is 6.60. The summed E-state index contributed by atoms with van der Waals surface area (Å²) >= 11 is 0. The summed E-state index contributed by atoms with van der Waals surface area (Å²) in [5.41, 5.74) is 3.66. The van der Waals surface area contributed by atoms with Gasteiger partial charge >= 0.3 is 0 Å². The summed E-state index contributed by atoms with van der Waals surface area (Å²) in [7, 11) is 1.67. The molecule has 162 valence electrons. The van der Waals surface area contributed by atoms with Crippen molar-refractivity contribution in [3.8, 4) is 11.4 Å². The highest BCUT2D eigenvalue weighted by Crippen LogP contribution is 2.23. The van der Waals surface area contributed by atoms with Crippen molar-refractivity contribution in [3.63, 3.8) is 0 Å². The molecule has 0 N–H and O–H groups in total. The van der Waals surface area contributed by atoms with Gasteiger partial charge in [-0.15, -0.1) is 0 Å². The SMILES string of the molecule is COc1ccccc1CC(C)N(Cc1ccccc1)C(=O)c1ccc(-n2cncn2)cc1. The molecular weight excluding hydrogens is 400 g/mol.